The monoisotopic (exact) mass is 444 g/mol. The highest BCUT2D eigenvalue weighted by Crippen LogP contribution is 2.31. The number of nitrogens with zero attached hydrogens (tertiary/aromatic N) is 2. The Bertz CT molecular complexity index is 1080. The molecular weight excluding hydrogens is 422 g/mol. The van der Waals surface area contributed by atoms with Crippen LogP contribution in [0.25, 0.3) is 11.3 Å². The van der Waals surface area contributed by atoms with Gasteiger partial charge in [-0.25, -0.2) is 18.7 Å². The number of hydrogen-bond acceptors (Lipinski definition) is 6. The summed E-state index contributed by atoms with van der Waals surface area (Å²) in [6.45, 7) is 1.06. The van der Waals surface area contributed by atoms with E-state index in [1.54, 1.807) is 12.3 Å². The van der Waals surface area contributed by atoms with Gasteiger partial charge in [0.05, 0.1) is 19.1 Å². The van der Waals surface area contributed by atoms with Crippen LogP contribution in [0.4, 0.5) is 26.1 Å². The van der Waals surface area contributed by atoms with Crippen LogP contribution in [0, 0.1) is 11.6 Å². The molecule has 2 N–H and O–H groups in total. The van der Waals surface area contributed by atoms with E-state index < -0.39 is 22.8 Å². The summed E-state index contributed by atoms with van der Waals surface area (Å²) < 4.78 is 46.0. The molecule has 4 bridgehead atoms. The Morgan fingerprint density at radius 3 is 2.87 bits per heavy atom. The zero-order valence-electron chi connectivity index (χ0n) is 17.0. The number of ether oxygens (including phenoxy) is 1. The summed E-state index contributed by atoms with van der Waals surface area (Å²) in [4.78, 5) is 8.38. The maximum absolute atomic E-state index is 14.6. The zero-order chi connectivity index (χ0) is 21.8. The number of anilines is 3. The van der Waals surface area contributed by atoms with E-state index >= 15 is 0 Å². The van der Waals surface area contributed by atoms with Crippen molar-refractivity contribution in [3.8, 4) is 17.0 Å². The van der Waals surface area contributed by atoms with E-state index in [0.29, 0.717) is 41.6 Å². The molecule has 2 aromatic carbocycles. The third-order valence-electron chi connectivity index (χ3n) is 4.73. The van der Waals surface area contributed by atoms with Gasteiger partial charge in [0.2, 0.25) is 5.95 Å². The molecule has 1 aromatic heterocycles. The standard InChI is InChI=1S/C22H22F2N4O2S/c1-31(29)13-14-8-16-11-17(9-14)30-7-3-2-6-25-20-10-15(23)4-5-18(20)21-19(24)12-26-22(27-16)28-21/h4-5,8-12,25H,2-3,6-7,13H2,1H3,(H,26,27,28). The predicted octanol–water partition coefficient (Wildman–Crippen LogP) is 4.63. The smallest absolute Gasteiger partial charge is 0.227 e. The van der Waals surface area contributed by atoms with Crippen LogP contribution in [0.3, 0.4) is 0 Å². The number of nitrogens with one attached hydrogen (secondary N) is 2. The Kier molecular flexibility index (Phi) is 6.53. The molecule has 1 aliphatic heterocycles. The van der Waals surface area contributed by atoms with Gasteiger partial charge in [-0.3, -0.25) is 0 Å². The number of benzene rings is 2. The van der Waals surface area contributed by atoms with Crippen LogP contribution in [0.15, 0.2) is 42.6 Å². The SMILES string of the molecule is C[S+]([O-])Cc1cc2cc(c1)OCCCCNc1cc(F)ccc1-c1nc(ncc1F)N2. The minimum absolute atomic E-state index is 0.0668. The molecule has 1 atom stereocenters. The molecule has 2 heterocycles. The number of aromatic nitrogens is 2. The Morgan fingerprint density at radius 1 is 1.16 bits per heavy atom. The molecule has 0 aliphatic carbocycles. The minimum atomic E-state index is -1.02. The molecule has 1 unspecified atom stereocenters. The first kappa shape index (κ1) is 21.3. The lowest BCUT2D eigenvalue weighted by atomic mass is 10.1. The lowest BCUT2D eigenvalue weighted by Gasteiger charge is -2.13. The fourth-order valence-corrected chi connectivity index (χ4v) is 4.03. The first-order valence-corrected chi connectivity index (χ1v) is 11.6. The first-order valence-electron chi connectivity index (χ1n) is 9.88. The van der Waals surface area contributed by atoms with Crippen LogP contribution < -0.4 is 15.4 Å². The average molecular weight is 445 g/mol. The first-order chi connectivity index (χ1) is 15.0. The van der Waals surface area contributed by atoms with Gasteiger partial charge in [-0.15, -0.1) is 0 Å². The summed E-state index contributed by atoms with van der Waals surface area (Å²) >= 11 is -1.02. The fourth-order valence-electron chi connectivity index (χ4n) is 3.39. The van der Waals surface area contributed by atoms with Crippen LogP contribution in [0.1, 0.15) is 18.4 Å². The van der Waals surface area contributed by atoms with E-state index in [-0.39, 0.29) is 11.6 Å². The van der Waals surface area contributed by atoms with Gasteiger partial charge in [0.25, 0.3) is 0 Å². The van der Waals surface area contributed by atoms with Gasteiger partial charge in [-0.1, -0.05) is 11.2 Å². The second-order valence-corrected chi connectivity index (χ2v) is 8.71. The Hall–Kier alpha value is -2.91. The highest BCUT2D eigenvalue weighted by Gasteiger charge is 2.16. The number of halogens is 2. The quantitative estimate of drug-likeness (QED) is 0.561. The van der Waals surface area contributed by atoms with Gasteiger partial charge in [0.15, 0.2) is 5.82 Å². The molecule has 0 spiro atoms. The minimum Gasteiger partial charge on any atom is -0.616 e. The van der Waals surface area contributed by atoms with E-state index in [9.17, 15) is 13.3 Å². The Balaban J connectivity index is 1.77. The second-order valence-electron chi connectivity index (χ2n) is 7.27. The molecule has 6 nitrogen and oxygen atoms in total. The maximum atomic E-state index is 14.6. The molecule has 162 valence electrons. The molecule has 1 aliphatic rings. The van der Waals surface area contributed by atoms with Gasteiger partial charge in [-0.2, -0.15) is 0 Å². The Labute approximate surface area is 182 Å². The van der Waals surface area contributed by atoms with Gasteiger partial charge < -0.3 is 19.9 Å². The molecule has 0 saturated heterocycles. The molecule has 0 radical (unpaired) electrons. The summed E-state index contributed by atoms with van der Waals surface area (Å²) in [6, 6.07) is 9.61. The highest BCUT2D eigenvalue weighted by atomic mass is 32.2. The number of hydrogen-bond donors (Lipinski definition) is 2. The van der Waals surface area contributed by atoms with Crippen LogP contribution in [-0.2, 0) is 16.9 Å². The van der Waals surface area contributed by atoms with Crippen LogP contribution in [-0.4, -0.2) is 33.9 Å². The summed E-state index contributed by atoms with van der Waals surface area (Å²) in [5.74, 6) is 0.175. The third-order valence-corrected chi connectivity index (χ3v) is 5.47. The van der Waals surface area contributed by atoms with Gasteiger partial charge in [0, 0.05) is 35.1 Å². The zero-order valence-corrected chi connectivity index (χ0v) is 17.8. The van der Waals surface area contributed by atoms with Crippen molar-refractivity contribution in [1.82, 2.24) is 9.97 Å². The normalized spacial score (nSPS) is 14.7. The molecule has 0 saturated carbocycles. The molecule has 9 heteroatoms. The number of rotatable bonds is 2. The highest BCUT2D eigenvalue weighted by molar-refractivity contribution is 7.89. The van der Waals surface area contributed by atoms with E-state index in [0.717, 1.165) is 24.6 Å². The van der Waals surface area contributed by atoms with Gasteiger partial charge in [-0.05, 0) is 43.2 Å². The van der Waals surface area contributed by atoms with Crippen LogP contribution >= 0.6 is 0 Å². The maximum Gasteiger partial charge on any atom is 0.227 e. The van der Waals surface area contributed by atoms with Crippen molar-refractivity contribution in [2.75, 3.05) is 30.0 Å². The number of fused-ring (bicyclic) bond motifs is 6. The van der Waals surface area contributed by atoms with Crippen molar-refractivity contribution in [3.05, 3.63) is 59.8 Å². The third kappa shape index (κ3) is 5.42. The molecule has 31 heavy (non-hydrogen) atoms. The molecular formula is C22H22F2N4O2S. The topological polar surface area (TPSA) is 82.1 Å². The van der Waals surface area contributed by atoms with Crippen molar-refractivity contribution in [2.45, 2.75) is 18.6 Å². The molecule has 4 rings (SSSR count). The van der Waals surface area contributed by atoms with Crippen molar-refractivity contribution in [2.24, 2.45) is 0 Å². The van der Waals surface area contributed by atoms with Crippen molar-refractivity contribution in [3.63, 3.8) is 0 Å². The van der Waals surface area contributed by atoms with Crippen LogP contribution in [0.5, 0.6) is 5.75 Å². The lowest BCUT2D eigenvalue weighted by molar-refractivity contribution is 0.308. The van der Waals surface area contributed by atoms with Crippen molar-refractivity contribution >= 4 is 28.5 Å². The average Bonchev–Trinajstić information content (AvgIpc) is 2.71. The summed E-state index contributed by atoms with van der Waals surface area (Å²) in [5.41, 5.74) is 2.47. The van der Waals surface area contributed by atoms with E-state index in [4.69, 9.17) is 4.74 Å². The van der Waals surface area contributed by atoms with Crippen molar-refractivity contribution in [1.29, 1.82) is 0 Å². The van der Waals surface area contributed by atoms with Gasteiger partial charge in [0.1, 0.15) is 23.0 Å². The molecule has 0 fully saturated rings. The summed E-state index contributed by atoms with van der Waals surface area (Å²) in [5, 5.41) is 6.24. The largest absolute Gasteiger partial charge is 0.616 e. The van der Waals surface area contributed by atoms with Crippen molar-refractivity contribution < 1.29 is 18.1 Å². The van der Waals surface area contributed by atoms with E-state index in [1.807, 2.05) is 12.1 Å². The summed E-state index contributed by atoms with van der Waals surface area (Å²) in [6.07, 6.45) is 4.26. The molecule has 0 amide bonds. The summed E-state index contributed by atoms with van der Waals surface area (Å²) in [7, 11) is 0. The fraction of sp³-hybridized carbons (Fsp3) is 0.273. The molecule has 3 aromatic rings. The lowest BCUT2D eigenvalue weighted by Crippen LogP contribution is -2.07. The Morgan fingerprint density at radius 2 is 2.03 bits per heavy atom. The van der Waals surface area contributed by atoms with E-state index in [2.05, 4.69) is 20.6 Å². The van der Waals surface area contributed by atoms with Gasteiger partial charge >= 0.3 is 0 Å². The predicted molar refractivity (Wildman–Crippen MR) is 118 cm³/mol. The van der Waals surface area contributed by atoms with E-state index in [1.165, 1.54) is 18.2 Å². The van der Waals surface area contributed by atoms with Crippen LogP contribution in [0.2, 0.25) is 0 Å². The second kappa shape index (κ2) is 9.49.